The summed E-state index contributed by atoms with van der Waals surface area (Å²) in [5, 5.41) is 7.49. The molecule has 3 aromatic heterocycles. The number of nitrogens with zero attached hydrogens (tertiary/aromatic N) is 4. The van der Waals surface area contributed by atoms with E-state index in [1.165, 1.54) is 33.4 Å². The molecule has 298 valence electrons. The van der Waals surface area contributed by atoms with Crippen molar-refractivity contribution in [2.45, 2.75) is 126 Å². The van der Waals surface area contributed by atoms with E-state index in [9.17, 15) is 0 Å². The molecule has 0 unspecified atom stereocenters. The molecule has 0 bridgehead atoms. The number of hydrogen-bond acceptors (Lipinski definition) is 3. The van der Waals surface area contributed by atoms with E-state index >= 15 is 0 Å². The van der Waals surface area contributed by atoms with Crippen LogP contribution in [0.4, 0.5) is 0 Å². The largest absolute Gasteiger partial charge is 2.00 e. The topological polar surface area (TPSA) is 44.9 Å². The smallest absolute Gasteiger partial charge is 0.509 e. The molecular weight excluding hydrogens is 880 g/mol. The van der Waals surface area contributed by atoms with E-state index in [2.05, 4.69) is 192 Å². The quantitative estimate of drug-likeness (QED) is 0.162. The van der Waals surface area contributed by atoms with Gasteiger partial charge in [0.2, 0.25) is 0 Å². The summed E-state index contributed by atoms with van der Waals surface area (Å²) in [5.41, 5.74) is 13.4. The van der Waals surface area contributed by atoms with Crippen molar-refractivity contribution in [3.8, 4) is 34.1 Å². The van der Waals surface area contributed by atoms with Crippen molar-refractivity contribution in [1.29, 1.82) is 0 Å². The third-order valence-electron chi connectivity index (χ3n) is 11.0. The summed E-state index contributed by atoms with van der Waals surface area (Å²) in [7, 11) is 0. The average molecular weight is 938 g/mol. The van der Waals surface area contributed by atoms with Gasteiger partial charge in [0.05, 0.1) is 5.69 Å². The SMILES string of the molecule is Cc1cc(C(C)(C)C)c(-c2c(C)nn(-c3[c-]c(Oc4[c-]c5c(cc4)c4ccccc4n5-c4cc(C(C)(C)C)ccn4)cc(C(C)(C)C)c3)c2C)c(C(C)(C)C)c1.[Pt+2]. The number of para-hydroxylation sites is 1. The molecule has 6 heteroatoms. The van der Waals surface area contributed by atoms with Gasteiger partial charge in [-0.3, -0.25) is 4.68 Å². The molecular formula is C51H58N4OPt. The number of aromatic nitrogens is 4. The van der Waals surface area contributed by atoms with Crippen LogP contribution in [0.15, 0.2) is 79.0 Å². The molecule has 0 fully saturated rings. The van der Waals surface area contributed by atoms with Crippen LogP contribution in [0.1, 0.15) is 122 Å². The molecule has 7 rings (SSSR count). The molecule has 0 atom stereocenters. The fraction of sp³-hybridized carbons (Fsp3) is 0.373. The Kier molecular flexibility index (Phi) is 10.9. The molecule has 0 amide bonds. The minimum Gasteiger partial charge on any atom is -0.509 e. The molecule has 4 aromatic carbocycles. The number of pyridine rings is 1. The van der Waals surface area contributed by atoms with E-state index in [-0.39, 0.29) is 42.7 Å². The zero-order valence-corrected chi connectivity index (χ0v) is 38.8. The fourth-order valence-corrected chi connectivity index (χ4v) is 7.91. The fourth-order valence-electron chi connectivity index (χ4n) is 7.91. The maximum Gasteiger partial charge on any atom is 2.00 e. The van der Waals surface area contributed by atoms with Gasteiger partial charge in [0, 0.05) is 34.5 Å². The van der Waals surface area contributed by atoms with Crippen molar-refractivity contribution >= 4 is 21.8 Å². The zero-order valence-electron chi connectivity index (χ0n) is 36.5. The molecule has 57 heavy (non-hydrogen) atoms. The second-order valence-electron chi connectivity index (χ2n) is 19.8. The molecule has 0 saturated heterocycles. The normalized spacial score (nSPS) is 12.7. The molecule has 0 radical (unpaired) electrons. The van der Waals surface area contributed by atoms with Crippen molar-refractivity contribution in [3.63, 3.8) is 0 Å². The van der Waals surface area contributed by atoms with E-state index in [0.717, 1.165) is 50.3 Å². The van der Waals surface area contributed by atoms with Gasteiger partial charge in [-0.2, -0.15) is 11.2 Å². The first-order chi connectivity index (χ1) is 26.0. The van der Waals surface area contributed by atoms with E-state index < -0.39 is 0 Å². The Morgan fingerprint density at radius 3 is 1.84 bits per heavy atom. The monoisotopic (exact) mass is 937 g/mol. The van der Waals surface area contributed by atoms with E-state index in [4.69, 9.17) is 14.8 Å². The van der Waals surface area contributed by atoms with Crippen molar-refractivity contribution in [1.82, 2.24) is 19.3 Å². The van der Waals surface area contributed by atoms with Crippen LogP contribution in [0.2, 0.25) is 0 Å². The van der Waals surface area contributed by atoms with Crippen LogP contribution in [0, 0.1) is 32.9 Å². The number of ether oxygens (including phenoxy) is 1. The van der Waals surface area contributed by atoms with Crippen LogP contribution >= 0.6 is 0 Å². The van der Waals surface area contributed by atoms with Crippen LogP contribution in [0.3, 0.4) is 0 Å². The molecule has 7 aromatic rings. The number of benzene rings is 4. The molecule has 0 aliphatic rings. The van der Waals surface area contributed by atoms with Gasteiger partial charge in [0.25, 0.3) is 0 Å². The minimum absolute atomic E-state index is 0. The van der Waals surface area contributed by atoms with Gasteiger partial charge in [0.1, 0.15) is 5.82 Å². The molecule has 0 aliphatic carbocycles. The standard InChI is InChI=1S/C51H58N4O.Pt/c1-31-24-41(50(10,11)12)47(42(25-31)51(13,14)15)46-32(2)53-55(33(46)3)36-26-35(49(7,8)9)27-38(29-36)56-37-20-21-40-39-18-16-17-19-43(39)54(44(40)30-37)45-28-34(22-23-52-45)48(4,5)6;/h16-28H,1-15H3;/q-2;+2. The summed E-state index contributed by atoms with van der Waals surface area (Å²) in [6.07, 6.45) is 1.91. The van der Waals surface area contributed by atoms with Crippen LogP contribution in [0.5, 0.6) is 11.5 Å². The Hall–Kier alpha value is -4.47. The molecule has 0 saturated carbocycles. The Morgan fingerprint density at radius 2 is 1.23 bits per heavy atom. The number of aryl methyl sites for hydroxylation is 2. The Morgan fingerprint density at radius 1 is 0.596 bits per heavy atom. The summed E-state index contributed by atoms with van der Waals surface area (Å²) in [5.74, 6) is 2.09. The second kappa shape index (κ2) is 14.7. The maximum atomic E-state index is 6.77. The predicted octanol–water partition coefficient (Wildman–Crippen LogP) is 13.5. The van der Waals surface area contributed by atoms with Crippen LogP contribution in [-0.4, -0.2) is 19.3 Å². The minimum atomic E-state index is -0.152. The van der Waals surface area contributed by atoms with Gasteiger partial charge in [-0.25, -0.2) is 4.98 Å². The Balaban J connectivity index is 0.00000549. The van der Waals surface area contributed by atoms with Gasteiger partial charge < -0.3 is 9.30 Å². The first kappa shape index (κ1) is 42.1. The number of fused-ring (bicyclic) bond motifs is 3. The maximum absolute atomic E-state index is 6.77. The third kappa shape index (κ3) is 8.02. The second-order valence-corrected chi connectivity index (χ2v) is 19.8. The molecule has 3 heterocycles. The van der Waals surface area contributed by atoms with Gasteiger partial charge in [-0.05, 0) is 94.0 Å². The van der Waals surface area contributed by atoms with Crippen molar-refractivity contribution in [2.75, 3.05) is 0 Å². The van der Waals surface area contributed by atoms with Gasteiger partial charge >= 0.3 is 21.1 Å². The first-order valence-corrected chi connectivity index (χ1v) is 19.9. The molecule has 5 nitrogen and oxygen atoms in total. The predicted molar refractivity (Wildman–Crippen MR) is 234 cm³/mol. The van der Waals surface area contributed by atoms with Crippen LogP contribution in [-0.2, 0) is 42.7 Å². The third-order valence-corrected chi connectivity index (χ3v) is 11.0. The Labute approximate surface area is 355 Å². The zero-order chi connectivity index (χ0) is 40.7. The Bertz CT molecular complexity index is 2600. The molecule has 0 N–H and O–H groups in total. The van der Waals surface area contributed by atoms with E-state index in [0.29, 0.717) is 11.5 Å². The van der Waals surface area contributed by atoms with E-state index in [1.807, 2.05) is 12.3 Å². The van der Waals surface area contributed by atoms with Gasteiger partial charge in [-0.15, -0.1) is 41.3 Å². The summed E-state index contributed by atoms with van der Waals surface area (Å²) in [4.78, 5) is 4.86. The summed E-state index contributed by atoms with van der Waals surface area (Å²) < 4.78 is 11.0. The van der Waals surface area contributed by atoms with Crippen LogP contribution < -0.4 is 4.74 Å². The summed E-state index contributed by atoms with van der Waals surface area (Å²) in [6, 6.07) is 33.2. The van der Waals surface area contributed by atoms with Gasteiger partial charge in [-0.1, -0.05) is 124 Å². The molecule has 0 spiro atoms. The number of hydrogen-bond donors (Lipinski definition) is 0. The van der Waals surface area contributed by atoms with E-state index in [1.54, 1.807) is 0 Å². The van der Waals surface area contributed by atoms with Crippen molar-refractivity contribution in [2.24, 2.45) is 0 Å². The molecule has 0 aliphatic heterocycles. The number of rotatable bonds is 5. The summed E-state index contributed by atoms with van der Waals surface area (Å²) >= 11 is 0. The average Bonchev–Trinajstić information content (AvgIpc) is 3.58. The van der Waals surface area contributed by atoms with Gasteiger partial charge in [0.15, 0.2) is 0 Å². The van der Waals surface area contributed by atoms with Crippen molar-refractivity contribution in [3.05, 3.63) is 130 Å². The van der Waals surface area contributed by atoms with Crippen molar-refractivity contribution < 1.29 is 25.8 Å². The summed E-state index contributed by atoms with van der Waals surface area (Å²) in [6.45, 7) is 33.8. The van der Waals surface area contributed by atoms with Crippen LogP contribution in [0.25, 0.3) is 44.4 Å². The first-order valence-electron chi connectivity index (χ1n) is 19.9.